The Morgan fingerprint density at radius 3 is 2.42 bits per heavy atom. The molecule has 1 saturated heterocycles. The third kappa shape index (κ3) is 4.20. The number of hydrogen-bond acceptors (Lipinski definition) is 4. The van der Waals surface area contributed by atoms with Crippen LogP contribution in [0.2, 0.25) is 0 Å². The lowest BCUT2D eigenvalue weighted by molar-refractivity contribution is -0.148. The number of carbonyl (C=O) groups excluding carboxylic acids is 3. The van der Waals surface area contributed by atoms with E-state index < -0.39 is 35.8 Å². The molecule has 0 aliphatic carbocycles. The van der Waals surface area contributed by atoms with Crippen LogP contribution in [0.25, 0.3) is 0 Å². The van der Waals surface area contributed by atoms with Crippen LogP contribution >= 0.6 is 0 Å². The third-order valence-electron chi connectivity index (χ3n) is 4.47. The number of rotatable bonds is 9. The zero-order valence-corrected chi connectivity index (χ0v) is 15.2. The summed E-state index contributed by atoms with van der Waals surface area (Å²) >= 11 is 0. The largest absolute Gasteiger partial charge is 0.464 e. The van der Waals surface area contributed by atoms with Gasteiger partial charge in [-0.3, -0.25) is 14.5 Å². The summed E-state index contributed by atoms with van der Waals surface area (Å²) < 4.78 is 18.3. The van der Waals surface area contributed by atoms with Crippen LogP contribution in [0.15, 0.2) is 24.3 Å². The van der Waals surface area contributed by atoms with E-state index >= 15 is 0 Å². The number of hydrogen-bond donors (Lipinski definition) is 1. The van der Waals surface area contributed by atoms with Crippen molar-refractivity contribution in [3.63, 3.8) is 0 Å². The number of carbonyl (C=O) groups is 3. The van der Waals surface area contributed by atoms with E-state index in [0.29, 0.717) is 18.4 Å². The minimum atomic E-state index is -1.27. The number of ether oxygens (including phenoxy) is 1. The molecule has 0 bridgehead atoms. The van der Waals surface area contributed by atoms with Crippen LogP contribution < -0.4 is 5.32 Å². The molecule has 1 aromatic carbocycles. The Bertz CT molecular complexity index is 662. The molecule has 142 valence electrons. The zero-order valence-electron chi connectivity index (χ0n) is 15.2. The SMILES string of the molecule is CCCCOC(=O)CN1C(=O)N[C@@](CCCC)(c2ccc(F)cc2)C1=O. The summed E-state index contributed by atoms with van der Waals surface area (Å²) in [4.78, 5) is 38.2. The van der Waals surface area contributed by atoms with Crippen molar-refractivity contribution >= 4 is 17.9 Å². The minimum Gasteiger partial charge on any atom is -0.464 e. The van der Waals surface area contributed by atoms with Gasteiger partial charge in [-0.25, -0.2) is 9.18 Å². The highest BCUT2D eigenvalue weighted by molar-refractivity contribution is 6.09. The maximum Gasteiger partial charge on any atom is 0.326 e. The van der Waals surface area contributed by atoms with E-state index in [4.69, 9.17) is 4.74 Å². The summed E-state index contributed by atoms with van der Waals surface area (Å²) in [6.07, 6.45) is 3.49. The van der Waals surface area contributed by atoms with Gasteiger partial charge in [0.1, 0.15) is 17.9 Å². The maximum absolute atomic E-state index is 13.3. The molecule has 1 N–H and O–H groups in total. The smallest absolute Gasteiger partial charge is 0.326 e. The van der Waals surface area contributed by atoms with Crippen LogP contribution in [0, 0.1) is 5.82 Å². The molecule has 0 radical (unpaired) electrons. The molecule has 1 aromatic rings. The van der Waals surface area contributed by atoms with Crippen LogP contribution in [-0.4, -0.2) is 36.0 Å². The van der Waals surface area contributed by atoms with Gasteiger partial charge in [-0.05, 0) is 30.5 Å². The number of nitrogens with one attached hydrogen (secondary N) is 1. The number of urea groups is 1. The lowest BCUT2D eigenvalue weighted by atomic mass is 9.85. The lowest BCUT2D eigenvalue weighted by Gasteiger charge is -2.27. The Hall–Kier alpha value is -2.44. The van der Waals surface area contributed by atoms with Crippen LogP contribution in [0.3, 0.4) is 0 Å². The van der Waals surface area contributed by atoms with E-state index in [0.717, 1.165) is 24.2 Å². The van der Waals surface area contributed by atoms with Crippen molar-refractivity contribution in [2.75, 3.05) is 13.2 Å². The van der Waals surface area contributed by atoms with Gasteiger partial charge in [-0.15, -0.1) is 0 Å². The highest BCUT2D eigenvalue weighted by Gasteiger charge is 2.52. The molecule has 0 spiro atoms. The summed E-state index contributed by atoms with van der Waals surface area (Å²) in [5, 5.41) is 2.72. The number of amides is 3. The van der Waals surface area contributed by atoms with Crippen molar-refractivity contribution in [2.24, 2.45) is 0 Å². The Morgan fingerprint density at radius 2 is 1.81 bits per heavy atom. The molecule has 0 saturated carbocycles. The summed E-state index contributed by atoms with van der Waals surface area (Å²) in [6, 6.07) is 4.86. The number of halogens is 1. The van der Waals surface area contributed by atoms with Gasteiger partial charge >= 0.3 is 12.0 Å². The molecule has 6 nitrogen and oxygen atoms in total. The molecule has 1 aliphatic rings. The molecule has 1 fully saturated rings. The number of nitrogens with zero attached hydrogens (tertiary/aromatic N) is 1. The Balaban J connectivity index is 2.22. The standard InChI is InChI=1S/C19H25FN2O4/c1-3-5-11-19(14-7-9-15(20)10-8-14)17(24)22(18(25)21-19)13-16(23)26-12-6-4-2/h7-10H,3-6,11-13H2,1-2H3,(H,21,25)/t19-/m0/s1. The van der Waals surface area contributed by atoms with Gasteiger partial charge in [0.05, 0.1) is 6.61 Å². The first-order valence-electron chi connectivity index (χ1n) is 9.00. The average molecular weight is 364 g/mol. The fourth-order valence-electron chi connectivity index (χ4n) is 2.96. The lowest BCUT2D eigenvalue weighted by Crippen LogP contribution is -2.44. The van der Waals surface area contributed by atoms with Crippen molar-refractivity contribution < 1.29 is 23.5 Å². The van der Waals surface area contributed by atoms with Crippen LogP contribution in [0.5, 0.6) is 0 Å². The fraction of sp³-hybridized carbons (Fsp3) is 0.526. The topological polar surface area (TPSA) is 75.7 Å². The summed E-state index contributed by atoms with van der Waals surface area (Å²) in [7, 11) is 0. The quantitative estimate of drug-likeness (QED) is 0.415. The van der Waals surface area contributed by atoms with Crippen molar-refractivity contribution in [1.82, 2.24) is 10.2 Å². The molecular formula is C19H25FN2O4. The second-order valence-corrected chi connectivity index (χ2v) is 6.41. The van der Waals surface area contributed by atoms with Gasteiger partial charge in [0.2, 0.25) is 0 Å². The maximum atomic E-state index is 13.3. The average Bonchev–Trinajstić information content (AvgIpc) is 2.86. The molecule has 1 atom stereocenters. The van der Waals surface area contributed by atoms with E-state index in [1.165, 1.54) is 24.3 Å². The molecule has 0 unspecified atom stereocenters. The number of esters is 1. The van der Waals surface area contributed by atoms with Crippen LogP contribution in [0.4, 0.5) is 9.18 Å². The number of benzene rings is 1. The van der Waals surface area contributed by atoms with Crippen molar-refractivity contribution in [3.05, 3.63) is 35.6 Å². The van der Waals surface area contributed by atoms with E-state index in [2.05, 4.69) is 5.32 Å². The first-order valence-corrected chi connectivity index (χ1v) is 9.00. The highest BCUT2D eigenvalue weighted by Crippen LogP contribution is 2.34. The summed E-state index contributed by atoms with van der Waals surface area (Å²) in [5.74, 6) is -1.55. The second-order valence-electron chi connectivity index (χ2n) is 6.41. The molecule has 7 heteroatoms. The predicted molar refractivity (Wildman–Crippen MR) is 93.7 cm³/mol. The minimum absolute atomic E-state index is 0.262. The first-order chi connectivity index (χ1) is 12.4. The van der Waals surface area contributed by atoms with Gasteiger partial charge in [0, 0.05) is 0 Å². The van der Waals surface area contributed by atoms with E-state index in [9.17, 15) is 18.8 Å². The van der Waals surface area contributed by atoms with Crippen LogP contribution in [-0.2, 0) is 19.9 Å². The Morgan fingerprint density at radius 1 is 1.15 bits per heavy atom. The predicted octanol–water partition coefficient (Wildman–Crippen LogP) is 3.11. The number of unbranched alkanes of at least 4 members (excludes halogenated alkanes) is 2. The van der Waals surface area contributed by atoms with E-state index in [1.807, 2.05) is 13.8 Å². The van der Waals surface area contributed by atoms with Crippen molar-refractivity contribution in [1.29, 1.82) is 0 Å². The summed E-state index contributed by atoms with van der Waals surface area (Å²) in [6.45, 7) is 3.78. The zero-order chi connectivity index (χ0) is 19.2. The van der Waals surface area contributed by atoms with Gasteiger partial charge in [0.15, 0.2) is 0 Å². The first kappa shape index (κ1) is 19.9. The molecular weight excluding hydrogens is 339 g/mol. The molecule has 0 aromatic heterocycles. The molecule has 3 amide bonds. The van der Waals surface area contributed by atoms with Crippen molar-refractivity contribution in [2.45, 2.75) is 51.5 Å². The molecule has 26 heavy (non-hydrogen) atoms. The van der Waals surface area contributed by atoms with Crippen LogP contribution in [0.1, 0.15) is 51.5 Å². The molecule has 1 heterocycles. The van der Waals surface area contributed by atoms with E-state index in [-0.39, 0.29) is 6.61 Å². The van der Waals surface area contributed by atoms with Gasteiger partial charge in [-0.1, -0.05) is 45.2 Å². The Labute approximate surface area is 152 Å². The summed E-state index contributed by atoms with van der Waals surface area (Å²) in [5.41, 5.74) is -0.766. The van der Waals surface area contributed by atoms with E-state index in [1.54, 1.807) is 0 Å². The third-order valence-corrected chi connectivity index (χ3v) is 4.47. The fourth-order valence-corrected chi connectivity index (χ4v) is 2.96. The normalized spacial score (nSPS) is 19.6. The number of imide groups is 1. The second kappa shape index (κ2) is 8.78. The molecule has 1 aliphatic heterocycles. The monoisotopic (exact) mass is 364 g/mol. The van der Waals surface area contributed by atoms with Crippen molar-refractivity contribution in [3.8, 4) is 0 Å². The highest BCUT2D eigenvalue weighted by atomic mass is 19.1. The Kier molecular flexibility index (Phi) is 6.71. The molecule has 2 rings (SSSR count). The van der Waals surface area contributed by atoms with Gasteiger partial charge < -0.3 is 10.1 Å². The van der Waals surface area contributed by atoms with Gasteiger partial charge in [-0.2, -0.15) is 0 Å². The van der Waals surface area contributed by atoms with Gasteiger partial charge in [0.25, 0.3) is 5.91 Å².